The first-order valence-corrected chi connectivity index (χ1v) is 10.2. The van der Waals surface area contributed by atoms with Crippen molar-refractivity contribution in [3.05, 3.63) is 101 Å². The molecule has 3 nitrogen and oxygen atoms in total. The number of para-hydroxylation sites is 1. The van der Waals surface area contributed by atoms with Crippen LogP contribution in [-0.4, -0.2) is 9.88 Å². The molecule has 0 saturated heterocycles. The number of fused-ring (bicyclic) bond motifs is 1. The van der Waals surface area contributed by atoms with Gasteiger partial charge in [0.2, 0.25) is 5.91 Å². The van der Waals surface area contributed by atoms with Crippen LogP contribution in [0.4, 0.5) is 5.69 Å². The molecule has 1 amide bonds. The number of rotatable bonds is 6. The maximum Gasteiger partial charge on any atom is 0.230 e. The molecule has 29 heavy (non-hydrogen) atoms. The van der Waals surface area contributed by atoms with Crippen molar-refractivity contribution in [2.45, 2.75) is 26.2 Å². The van der Waals surface area contributed by atoms with Gasteiger partial charge in [-0.05, 0) is 49.1 Å². The summed E-state index contributed by atoms with van der Waals surface area (Å²) in [6.45, 7) is 2.03. The van der Waals surface area contributed by atoms with Gasteiger partial charge in [-0.25, -0.2) is 0 Å². The number of thiol groups is 1. The second-order valence-corrected chi connectivity index (χ2v) is 7.73. The molecule has 0 radical (unpaired) electrons. The lowest BCUT2D eigenvalue weighted by Crippen LogP contribution is -2.16. The molecule has 1 heterocycles. The molecule has 4 heteroatoms. The lowest BCUT2D eigenvalue weighted by atomic mass is 10.0. The number of aryl methyl sites for hydroxylation is 3. The van der Waals surface area contributed by atoms with Gasteiger partial charge in [0.1, 0.15) is 0 Å². The first-order chi connectivity index (χ1) is 14.1. The van der Waals surface area contributed by atoms with Gasteiger partial charge in [-0.1, -0.05) is 79.0 Å². The third kappa shape index (κ3) is 4.38. The van der Waals surface area contributed by atoms with E-state index in [-0.39, 0.29) is 12.3 Å². The predicted molar refractivity (Wildman–Crippen MR) is 124 cm³/mol. The van der Waals surface area contributed by atoms with Gasteiger partial charge in [0.15, 0.2) is 0 Å². The smallest absolute Gasteiger partial charge is 0.230 e. The zero-order valence-corrected chi connectivity index (χ0v) is 17.3. The van der Waals surface area contributed by atoms with Crippen molar-refractivity contribution in [1.29, 1.82) is 0 Å². The summed E-state index contributed by atoms with van der Waals surface area (Å²) in [5.74, 6) is -0.0343. The highest BCUT2D eigenvalue weighted by molar-refractivity contribution is 7.78. The molecule has 0 saturated carbocycles. The Kier molecular flexibility index (Phi) is 5.72. The normalized spacial score (nSPS) is 11.0. The van der Waals surface area contributed by atoms with E-state index in [4.69, 9.17) is 12.8 Å². The number of carbonyl (C=O) groups is 1. The molecule has 0 aliphatic heterocycles. The molecule has 4 rings (SSSR count). The molecule has 4 aromatic rings. The van der Waals surface area contributed by atoms with E-state index in [0.717, 1.165) is 35.1 Å². The van der Waals surface area contributed by atoms with E-state index in [1.807, 2.05) is 53.4 Å². The molecule has 1 N–H and O–H groups in total. The fourth-order valence-corrected chi connectivity index (χ4v) is 4.08. The highest BCUT2D eigenvalue weighted by Gasteiger charge is 2.18. The van der Waals surface area contributed by atoms with Crippen LogP contribution >= 0.6 is 12.8 Å². The number of aromatic nitrogens is 1. The van der Waals surface area contributed by atoms with Crippen LogP contribution in [0.5, 0.6) is 0 Å². The van der Waals surface area contributed by atoms with Gasteiger partial charge in [0, 0.05) is 16.8 Å². The summed E-state index contributed by atoms with van der Waals surface area (Å²) in [5.41, 5.74) is 6.46. The average Bonchev–Trinajstić information content (AvgIpc) is 3.00. The number of hydrogen-bond donors (Lipinski definition) is 2. The van der Waals surface area contributed by atoms with E-state index in [0.29, 0.717) is 0 Å². The summed E-state index contributed by atoms with van der Waals surface area (Å²) in [6, 6.07) is 26.5. The summed E-state index contributed by atoms with van der Waals surface area (Å²) < 4.78 is 1.87. The lowest BCUT2D eigenvalue weighted by molar-refractivity contribution is -0.115. The Morgan fingerprint density at radius 3 is 2.34 bits per heavy atom. The van der Waals surface area contributed by atoms with E-state index in [9.17, 15) is 4.79 Å². The molecular formula is C25H24N2OS. The van der Waals surface area contributed by atoms with Crippen molar-refractivity contribution in [1.82, 2.24) is 3.97 Å². The molecule has 1 aromatic heterocycles. The average molecular weight is 401 g/mol. The van der Waals surface area contributed by atoms with Crippen LogP contribution < -0.4 is 5.32 Å². The number of hydrogen-bond acceptors (Lipinski definition) is 2. The highest BCUT2D eigenvalue weighted by Crippen LogP contribution is 2.29. The topological polar surface area (TPSA) is 34.0 Å². The summed E-state index contributed by atoms with van der Waals surface area (Å²) in [4.78, 5) is 12.8. The third-order valence-electron chi connectivity index (χ3n) is 5.23. The molecule has 0 aliphatic rings. The van der Waals surface area contributed by atoms with Crippen LogP contribution in [0, 0.1) is 6.92 Å². The number of nitrogens with zero attached hydrogens (tertiary/aromatic N) is 1. The molecule has 0 bridgehead atoms. The largest absolute Gasteiger partial charge is 0.326 e. The highest BCUT2D eigenvalue weighted by atomic mass is 32.1. The van der Waals surface area contributed by atoms with E-state index in [1.54, 1.807) is 0 Å². The summed E-state index contributed by atoms with van der Waals surface area (Å²) in [6.07, 6.45) is 2.08. The molecule has 0 unspecified atom stereocenters. The number of nitrogens with one attached hydrogen (secondary N) is 1. The summed E-state index contributed by atoms with van der Waals surface area (Å²) in [5, 5.41) is 4.17. The van der Waals surface area contributed by atoms with Crippen molar-refractivity contribution < 1.29 is 4.79 Å². The third-order valence-corrected chi connectivity index (χ3v) is 5.69. The van der Waals surface area contributed by atoms with Crippen LogP contribution in [0.25, 0.3) is 10.9 Å². The predicted octanol–water partition coefficient (Wildman–Crippen LogP) is 5.61. The van der Waals surface area contributed by atoms with Crippen molar-refractivity contribution >= 4 is 35.3 Å². The molecule has 0 atom stereocenters. The first kappa shape index (κ1) is 19.3. The van der Waals surface area contributed by atoms with Crippen molar-refractivity contribution in [3.63, 3.8) is 0 Å². The van der Waals surface area contributed by atoms with Crippen LogP contribution in [0.3, 0.4) is 0 Å². The van der Waals surface area contributed by atoms with Gasteiger partial charge in [-0.15, -0.1) is 0 Å². The Bertz CT molecular complexity index is 1130. The zero-order valence-electron chi connectivity index (χ0n) is 16.4. The van der Waals surface area contributed by atoms with E-state index in [2.05, 4.69) is 41.7 Å². The Hall–Kier alpha value is -2.98. The number of carbonyl (C=O) groups excluding carboxylic acids is 1. The number of anilines is 1. The van der Waals surface area contributed by atoms with Crippen LogP contribution in [-0.2, 0) is 24.1 Å². The fourth-order valence-electron chi connectivity index (χ4n) is 3.71. The Morgan fingerprint density at radius 2 is 1.59 bits per heavy atom. The Morgan fingerprint density at radius 1 is 0.897 bits per heavy atom. The molecule has 146 valence electrons. The fraction of sp³-hybridized carbons (Fsp3) is 0.160. The monoisotopic (exact) mass is 400 g/mol. The van der Waals surface area contributed by atoms with Crippen molar-refractivity contribution in [3.8, 4) is 0 Å². The quantitative estimate of drug-likeness (QED) is 0.405. The Balaban J connectivity index is 1.61. The lowest BCUT2D eigenvalue weighted by Gasteiger charge is -2.09. The minimum atomic E-state index is -0.0343. The van der Waals surface area contributed by atoms with E-state index < -0.39 is 0 Å². The number of amides is 1. The summed E-state index contributed by atoms with van der Waals surface area (Å²) >= 11 is 4.72. The van der Waals surface area contributed by atoms with Gasteiger partial charge >= 0.3 is 0 Å². The molecular weight excluding hydrogens is 376 g/mol. The molecule has 0 spiro atoms. The minimum absolute atomic E-state index is 0.0343. The molecule has 3 aromatic carbocycles. The van der Waals surface area contributed by atoms with Crippen molar-refractivity contribution in [2.75, 3.05) is 5.32 Å². The van der Waals surface area contributed by atoms with Gasteiger partial charge in [-0.3, -0.25) is 8.77 Å². The molecule has 0 aliphatic carbocycles. The standard InChI is InChI=1S/C25H24N2OS/c1-18-11-14-20(15-12-18)26-25(28)17-24-22(16-13-19-7-3-2-4-8-19)21-9-5-6-10-23(21)27(24)29/h2-12,14-15,29H,13,16-17H2,1H3,(H,26,28). The first-order valence-electron chi connectivity index (χ1n) is 9.82. The van der Waals surface area contributed by atoms with Crippen molar-refractivity contribution in [2.24, 2.45) is 0 Å². The maximum absolute atomic E-state index is 12.8. The number of benzene rings is 3. The van der Waals surface area contributed by atoms with Gasteiger partial charge in [0.25, 0.3) is 0 Å². The van der Waals surface area contributed by atoms with Gasteiger partial charge in [0.05, 0.1) is 11.9 Å². The van der Waals surface area contributed by atoms with Gasteiger partial charge < -0.3 is 5.32 Å². The SMILES string of the molecule is Cc1ccc(NC(=O)Cc2c(CCc3ccccc3)c3ccccc3n2S)cc1. The minimum Gasteiger partial charge on any atom is -0.326 e. The van der Waals surface area contributed by atoms with Crippen LogP contribution in [0.1, 0.15) is 22.4 Å². The second kappa shape index (κ2) is 8.58. The summed E-state index contributed by atoms with van der Waals surface area (Å²) in [7, 11) is 0. The Labute approximate surface area is 176 Å². The van der Waals surface area contributed by atoms with Gasteiger partial charge in [-0.2, -0.15) is 0 Å². The molecule has 0 fully saturated rings. The van der Waals surface area contributed by atoms with E-state index >= 15 is 0 Å². The van der Waals surface area contributed by atoms with Crippen LogP contribution in [0.2, 0.25) is 0 Å². The second-order valence-electron chi connectivity index (χ2n) is 7.33. The zero-order chi connectivity index (χ0) is 20.2. The van der Waals surface area contributed by atoms with Crippen LogP contribution in [0.15, 0.2) is 78.9 Å². The van der Waals surface area contributed by atoms with E-state index in [1.165, 1.54) is 16.7 Å². The maximum atomic E-state index is 12.8.